The third-order valence-corrected chi connectivity index (χ3v) is 19.3. The molecule has 45 heteroatoms. The van der Waals surface area contributed by atoms with E-state index in [1.54, 1.807) is 0 Å². The topological polar surface area (TPSA) is 697 Å². The zero-order valence-electron chi connectivity index (χ0n) is 56.5. The lowest BCUT2D eigenvalue weighted by Gasteiger charge is -2.51. The predicted octanol–water partition coefficient (Wildman–Crippen LogP) is -16.4. The zero-order valence-corrected chi connectivity index (χ0v) is 56.5. The first kappa shape index (κ1) is 86.0. The van der Waals surface area contributed by atoms with Crippen molar-refractivity contribution in [2.45, 2.75) is 286 Å². The van der Waals surface area contributed by atoms with E-state index in [2.05, 4.69) is 16.0 Å². The molecule has 602 valence electrons. The van der Waals surface area contributed by atoms with Gasteiger partial charge in [-0.15, -0.1) is 0 Å². The van der Waals surface area contributed by atoms with Gasteiger partial charge in [0.2, 0.25) is 17.7 Å². The molecule has 25 N–H and O–H groups in total. The van der Waals surface area contributed by atoms with Gasteiger partial charge < -0.3 is 204 Å². The van der Waals surface area contributed by atoms with Gasteiger partial charge in [-0.25, -0.2) is 0 Å². The van der Waals surface area contributed by atoms with Crippen molar-refractivity contribution in [1.29, 1.82) is 0 Å². The van der Waals surface area contributed by atoms with E-state index in [1.165, 1.54) is 13.8 Å². The molecule has 8 aliphatic rings. The Morgan fingerprint density at radius 3 is 1.32 bits per heavy atom. The minimum absolute atomic E-state index is 0.236. The summed E-state index contributed by atoms with van der Waals surface area (Å²) in [7, 11) is 0. The summed E-state index contributed by atoms with van der Waals surface area (Å²) in [6.07, 6.45) is -72.6. The Morgan fingerprint density at radius 2 is 0.827 bits per heavy atom. The first-order valence-corrected chi connectivity index (χ1v) is 33.4. The van der Waals surface area contributed by atoms with Gasteiger partial charge in [0.05, 0.1) is 83.6 Å². The Morgan fingerprint density at radius 1 is 0.433 bits per heavy atom. The minimum atomic E-state index is -2.85. The average molecular weight is 1520 g/mol. The molecule has 8 heterocycles. The van der Waals surface area contributed by atoms with E-state index < -0.39 is 328 Å². The van der Waals surface area contributed by atoms with Crippen LogP contribution in [0.25, 0.3) is 0 Å². The molecule has 0 aromatic rings. The van der Waals surface area contributed by atoms with Gasteiger partial charge in [0.15, 0.2) is 37.7 Å². The van der Waals surface area contributed by atoms with Crippen LogP contribution < -0.4 is 16.0 Å². The number of ether oxygens (including phenoxy) is 16. The molecule has 0 saturated carbocycles. The molecule has 104 heavy (non-hydrogen) atoms. The number of rotatable bonds is 29. The van der Waals surface area contributed by atoms with E-state index >= 15 is 0 Å². The van der Waals surface area contributed by atoms with E-state index in [0.29, 0.717) is 0 Å². The van der Waals surface area contributed by atoms with Gasteiger partial charge in [-0.1, -0.05) is 6.92 Å². The summed E-state index contributed by atoms with van der Waals surface area (Å²) < 4.78 is 94.0. The van der Waals surface area contributed by atoms with Crippen molar-refractivity contribution in [3.05, 3.63) is 0 Å². The number of aliphatic hydroxyl groups excluding tert-OH is 22. The molecule has 15 unspecified atom stereocenters. The fraction of sp³-hybridized carbons (Fsp3) is 0.932. The fourth-order valence-electron chi connectivity index (χ4n) is 13.7. The highest BCUT2D eigenvalue weighted by Crippen LogP contribution is 2.42. The van der Waals surface area contributed by atoms with Gasteiger partial charge in [0.25, 0.3) is 6.47 Å². The van der Waals surface area contributed by atoms with Gasteiger partial charge in [-0.3, -0.25) is 19.2 Å². The van der Waals surface area contributed by atoms with Crippen molar-refractivity contribution in [3.8, 4) is 0 Å². The number of carbonyl (C=O) groups excluding carboxylic acids is 4. The largest absolute Gasteiger partial charge is 0.410 e. The lowest BCUT2D eigenvalue weighted by molar-refractivity contribution is -0.448. The number of hydrogen-bond acceptors (Lipinski definition) is 42. The van der Waals surface area contributed by atoms with Gasteiger partial charge in [0.1, 0.15) is 177 Å². The fourth-order valence-corrected chi connectivity index (χ4v) is 13.7. The van der Waals surface area contributed by atoms with Gasteiger partial charge in [0, 0.05) is 26.7 Å². The lowest BCUT2D eigenvalue weighted by Crippen LogP contribution is -2.71. The van der Waals surface area contributed by atoms with Crippen molar-refractivity contribution >= 4 is 24.2 Å². The molecule has 41 atom stereocenters. The van der Waals surface area contributed by atoms with Crippen molar-refractivity contribution < 1.29 is 207 Å². The van der Waals surface area contributed by atoms with Crippen LogP contribution in [-0.4, -0.2) is 434 Å². The van der Waals surface area contributed by atoms with E-state index in [1.807, 2.05) is 0 Å². The highest BCUT2D eigenvalue weighted by molar-refractivity contribution is 5.74. The van der Waals surface area contributed by atoms with Crippen molar-refractivity contribution in [2.75, 3.05) is 52.9 Å². The molecule has 0 aromatic carbocycles. The van der Waals surface area contributed by atoms with Crippen LogP contribution in [0.1, 0.15) is 41.0 Å². The molecule has 8 rings (SSSR count). The van der Waals surface area contributed by atoms with E-state index in [-0.39, 0.29) is 6.47 Å². The van der Waals surface area contributed by atoms with Gasteiger partial charge in [-0.2, -0.15) is 0 Å². The molecule has 45 nitrogen and oxygen atoms in total. The number of hydrogen-bond donors (Lipinski definition) is 25. The monoisotopic (exact) mass is 1520 g/mol. The zero-order chi connectivity index (χ0) is 76.8. The molecule has 0 aromatic heterocycles. The van der Waals surface area contributed by atoms with Gasteiger partial charge >= 0.3 is 5.97 Å². The second kappa shape index (κ2) is 37.4. The maximum atomic E-state index is 13.1. The number of nitrogens with one attached hydrogen (secondary N) is 3. The molecule has 0 radical (unpaired) electrons. The summed E-state index contributed by atoms with van der Waals surface area (Å²) in [5.74, 6) is -6.38. The molecule has 8 saturated heterocycles. The summed E-state index contributed by atoms with van der Waals surface area (Å²) >= 11 is 0. The summed E-state index contributed by atoms with van der Waals surface area (Å²) in [6, 6.07) is -4.97. The highest BCUT2D eigenvalue weighted by Gasteiger charge is 2.61. The van der Waals surface area contributed by atoms with Crippen molar-refractivity contribution in [3.63, 3.8) is 0 Å². The van der Waals surface area contributed by atoms with Crippen LogP contribution in [-0.2, 0) is 95.0 Å². The number of aliphatic hydroxyl groups is 22. The van der Waals surface area contributed by atoms with Crippen LogP contribution in [0.5, 0.6) is 0 Å². The van der Waals surface area contributed by atoms with E-state index in [4.69, 9.17) is 75.8 Å². The van der Waals surface area contributed by atoms with Crippen LogP contribution >= 0.6 is 0 Å². The normalized spacial score (nSPS) is 47.9. The standard InChI is InChI=1S/C59H99N3O42/c1-16-21(74)6-59(90-15-70,103-46(16)33(76)22(75)7-63)104-51-36(79)25(10-66)93-57(45(51)88)100-49-28(13-69)96-54(32(40(49)83)62-20(5)73)102-52-42(85)35(78)24(9-65)94-58(52)101-50-37(80)29(14-89-55-43(86)41(84)34(77)23(8-64)92-55)97-56(44(50)87)99-48-27(12-68)95-53(31(39(48)82)61-19(4)72)98-47-26(11-67)91-17(2)30(38(47)81)60-18(3)71/h15-17,21-58,63-69,74-88H,6-14H2,1-5H3,(H,60,71)(H,61,72)(H,62,73)/t16-,17+,21+,22+,23?,24-,25?,26?,27?,28?,29?,30?,31?,32?,33-,34+,35+,36+,37+,38-,39-,40-,41+,42?,43?,44?,45?,46?,47+,48+,49+,50+,51+,52?,53+,54+,55-,56+,57+,58+,59+/m1/s1. The predicted molar refractivity (Wildman–Crippen MR) is 323 cm³/mol. The summed E-state index contributed by atoms with van der Waals surface area (Å²) in [4.78, 5) is 50.1. The number of carbonyl (C=O) groups is 4. The average Bonchev–Trinajstić information content (AvgIpc) is 0.765. The van der Waals surface area contributed by atoms with Gasteiger partial charge in [-0.05, 0) is 6.92 Å². The Labute approximate surface area is 590 Å². The highest BCUT2D eigenvalue weighted by atomic mass is 16.9. The van der Waals surface area contributed by atoms with Crippen LogP contribution in [0.2, 0.25) is 0 Å². The maximum Gasteiger partial charge on any atom is 0.332 e. The Bertz CT molecular complexity index is 2710. The Hall–Kier alpha value is -3.60. The number of amides is 3. The molecule has 8 fully saturated rings. The molecule has 3 amide bonds. The van der Waals surface area contributed by atoms with Crippen LogP contribution in [0.15, 0.2) is 0 Å². The molecule has 0 aliphatic carbocycles. The smallest absolute Gasteiger partial charge is 0.332 e. The molecular weight excluding hydrogens is 1420 g/mol. The second-order valence-corrected chi connectivity index (χ2v) is 26.6. The maximum absolute atomic E-state index is 13.1. The third kappa shape index (κ3) is 18.9. The first-order valence-electron chi connectivity index (χ1n) is 33.4. The lowest BCUT2D eigenvalue weighted by atomic mass is 9.87. The van der Waals surface area contributed by atoms with Crippen LogP contribution in [0.3, 0.4) is 0 Å². The Balaban J connectivity index is 1.08. The molecule has 0 bridgehead atoms. The summed E-state index contributed by atoms with van der Waals surface area (Å²) in [6.45, 7) is -2.70. The third-order valence-electron chi connectivity index (χ3n) is 19.3. The van der Waals surface area contributed by atoms with Crippen LogP contribution in [0.4, 0.5) is 0 Å². The van der Waals surface area contributed by atoms with Crippen molar-refractivity contribution in [1.82, 2.24) is 16.0 Å². The minimum Gasteiger partial charge on any atom is -0.410 e. The second-order valence-electron chi connectivity index (χ2n) is 26.6. The van der Waals surface area contributed by atoms with E-state index in [9.17, 15) is 132 Å². The van der Waals surface area contributed by atoms with Crippen LogP contribution in [0, 0.1) is 5.92 Å². The van der Waals surface area contributed by atoms with Crippen molar-refractivity contribution in [2.24, 2.45) is 5.92 Å². The Kier molecular flexibility index (Phi) is 30.9. The SMILES string of the molecule is CC(=O)NC1[C@H](O[C@H]2C(CO)O[C@@H](C)C(NC(C)=O)[C@H]2O)OC(CO)[C@H](O[C@@H]2OC(CO[C@@H]3OC(CO)[C@H](O)[C@H](O)C3O)[C@H](O)[C@H](O[C@@H]3O[C@H](CO)[C@H](O)C(O)C3O[C@@H]3OC(CO)[C@H](O[C@@H]4OC(CO)[C@H](O)[C@H](O[C@]5(OC=O)C[C@H](O)[C@@H](C)C([C@H](O)[C@@H](O)CO)O5)C4O)[C@H](O)C3NC(C)=O)C2O)[C@@H]1O. The summed E-state index contributed by atoms with van der Waals surface area (Å²) in [5, 5.41) is 251. The van der Waals surface area contributed by atoms with E-state index in [0.717, 1.165) is 20.8 Å². The quantitative estimate of drug-likeness (QED) is 0.0244. The molecule has 0 spiro atoms. The molecular formula is C59H99N3O42. The summed E-state index contributed by atoms with van der Waals surface area (Å²) in [5.41, 5.74) is 0. The molecule has 8 aliphatic heterocycles. The first-order chi connectivity index (χ1) is 49.2.